The number of hydrogen-bond acceptors (Lipinski definition) is 2. The molecule has 1 aliphatic heterocycles. The van der Waals surface area contributed by atoms with Crippen molar-refractivity contribution in [3.8, 4) is 0 Å². The van der Waals surface area contributed by atoms with Crippen LogP contribution in [0, 0.1) is 0 Å². The molecule has 1 rings (SSSR count). The van der Waals surface area contributed by atoms with Crippen LogP contribution in [0.25, 0.3) is 0 Å². The van der Waals surface area contributed by atoms with Crippen molar-refractivity contribution in [3.05, 3.63) is 12.2 Å². The Kier molecular flexibility index (Phi) is 6.24. The van der Waals surface area contributed by atoms with Gasteiger partial charge in [-0.25, -0.2) is 0 Å². The third-order valence-corrected chi connectivity index (χ3v) is 2.85. The molecular formula is C11H21ClN2. The number of alkyl halides is 1. The maximum atomic E-state index is 5.74. The number of hydrogen-bond donors (Lipinski definition) is 0. The lowest BCUT2D eigenvalue weighted by molar-refractivity contribution is 0.279. The van der Waals surface area contributed by atoms with E-state index >= 15 is 0 Å². The van der Waals surface area contributed by atoms with Crippen molar-refractivity contribution in [2.75, 3.05) is 45.1 Å². The van der Waals surface area contributed by atoms with Crippen LogP contribution >= 0.6 is 11.6 Å². The van der Waals surface area contributed by atoms with Crippen LogP contribution in [0.1, 0.15) is 13.3 Å². The zero-order valence-corrected chi connectivity index (χ0v) is 9.84. The standard InChI is InChI=1S/C11H21ClN2/c1-2-3-6-13-7-4-8-14(9-5-12)11-10-13/h2-3H,4-11H2,1H3/b3-2+. The van der Waals surface area contributed by atoms with Crippen LogP contribution in [0.2, 0.25) is 0 Å². The molecule has 1 saturated heterocycles. The normalized spacial score (nSPS) is 21.6. The van der Waals surface area contributed by atoms with E-state index in [9.17, 15) is 0 Å². The Bertz CT molecular complexity index is 171. The van der Waals surface area contributed by atoms with Gasteiger partial charge in [-0.05, 0) is 26.4 Å². The molecule has 3 heteroatoms. The van der Waals surface area contributed by atoms with Gasteiger partial charge >= 0.3 is 0 Å². The fourth-order valence-corrected chi connectivity index (χ4v) is 2.04. The van der Waals surface area contributed by atoms with Crippen molar-refractivity contribution in [3.63, 3.8) is 0 Å². The first-order valence-electron chi connectivity index (χ1n) is 5.48. The van der Waals surface area contributed by atoms with Crippen molar-refractivity contribution in [1.82, 2.24) is 9.80 Å². The molecule has 14 heavy (non-hydrogen) atoms. The smallest absolute Gasteiger partial charge is 0.0351 e. The van der Waals surface area contributed by atoms with Gasteiger partial charge in [-0.2, -0.15) is 0 Å². The number of halogens is 1. The van der Waals surface area contributed by atoms with E-state index in [1.165, 1.54) is 32.6 Å². The minimum atomic E-state index is 0.759. The molecule has 0 amide bonds. The average molecular weight is 217 g/mol. The summed E-state index contributed by atoms with van der Waals surface area (Å²) < 4.78 is 0. The van der Waals surface area contributed by atoms with E-state index in [1.54, 1.807) is 0 Å². The van der Waals surface area contributed by atoms with Crippen LogP contribution in [0.3, 0.4) is 0 Å². The van der Waals surface area contributed by atoms with Gasteiger partial charge in [-0.3, -0.25) is 4.90 Å². The van der Waals surface area contributed by atoms with Crippen LogP contribution in [-0.2, 0) is 0 Å². The molecule has 0 unspecified atom stereocenters. The van der Waals surface area contributed by atoms with E-state index < -0.39 is 0 Å². The molecule has 0 saturated carbocycles. The molecule has 0 spiro atoms. The summed E-state index contributed by atoms with van der Waals surface area (Å²) in [6.45, 7) is 9.01. The molecule has 1 heterocycles. The summed E-state index contributed by atoms with van der Waals surface area (Å²) in [5, 5.41) is 0. The predicted octanol–water partition coefficient (Wildman–Crippen LogP) is 1.81. The molecule has 0 bridgehead atoms. The summed E-state index contributed by atoms with van der Waals surface area (Å²) in [5.41, 5.74) is 0. The molecule has 0 N–H and O–H groups in total. The van der Waals surface area contributed by atoms with E-state index in [0.717, 1.165) is 19.0 Å². The van der Waals surface area contributed by atoms with Gasteiger partial charge in [-0.15, -0.1) is 11.6 Å². The average Bonchev–Trinajstić information content (AvgIpc) is 2.41. The van der Waals surface area contributed by atoms with Gasteiger partial charge < -0.3 is 4.90 Å². The predicted molar refractivity (Wildman–Crippen MR) is 63.0 cm³/mol. The Balaban J connectivity index is 2.25. The lowest BCUT2D eigenvalue weighted by Gasteiger charge is -2.19. The van der Waals surface area contributed by atoms with Gasteiger partial charge in [-0.1, -0.05) is 12.2 Å². The monoisotopic (exact) mass is 216 g/mol. The van der Waals surface area contributed by atoms with Gasteiger partial charge in [0.2, 0.25) is 0 Å². The molecule has 2 nitrogen and oxygen atoms in total. The number of nitrogens with zero attached hydrogens (tertiary/aromatic N) is 2. The van der Waals surface area contributed by atoms with Crippen molar-refractivity contribution in [1.29, 1.82) is 0 Å². The van der Waals surface area contributed by atoms with Gasteiger partial charge in [0.1, 0.15) is 0 Å². The Morgan fingerprint density at radius 3 is 2.57 bits per heavy atom. The summed E-state index contributed by atoms with van der Waals surface area (Å²) >= 11 is 5.74. The summed E-state index contributed by atoms with van der Waals surface area (Å²) in [6.07, 6.45) is 5.63. The highest BCUT2D eigenvalue weighted by Crippen LogP contribution is 2.03. The molecule has 0 aliphatic carbocycles. The van der Waals surface area contributed by atoms with E-state index in [-0.39, 0.29) is 0 Å². The second kappa shape index (κ2) is 7.27. The molecule has 0 aromatic heterocycles. The molecular weight excluding hydrogens is 196 g/mol. The number of rotatable bonds is 4. The molecule has 1 aliphatic rings. The molecule has 0 aromatic carbocycles. The van der Waals surface area contributed by atoms with Crippen LogP contribution in [0.15, 0.2) is 12.2 Å². The van der Waals surface area contributed by atoms with Crippen molar-refractivity contribution >= 4 is 11.6 Å². The SMILES string of the molecule is C/C=C/CN1CCCN(CCCl)CC1. The number of allylic oxidation sites excluding steroid dienone is 1. The summed E-state index contributed by atoms with van der Waals surface area (Å²) in [4.78, 5) is 4.97. The fourth-order valence-electron chi connectivity index (χ4n) is 1.80. The second-order valence-electron chi connectivity index (χ2n) is 3.75. The summed E-state index contributed by atoms with van der Waals surface area (Å²) in [7, 11) is 0. The van der Waals surface area contributed by atoms with Gasteiger partial charge in [0.25, 0.3) is 0 Å². The minimum Gasteiger partial charge on any atom is -0.301 e. The first-order chi connectivity index (χ1) is 6.86. The van der Waals surface area contributed by atoms with E-state index in [0.29, 0.717) is 0 Å². The highest BCUT2D eigenvalue weighted by Gasteiger charge is 2.12. The third kappa shape index (κ3) is 4.45. The lowest BCUT2D eigenvalue weighted by Crippen LogP contribution is -2.31. The van der Waals surface area contributed by atoms with Crippen LogP contribution in [0.4, 0.5) is 0 Å². The van der Waals surface area contributed by atoms with Crippen molar-refractivity contribution in [2.24, 2.45) is 0 Å². The Labute approximate surface area is 92.5 Å². The third-order valence-electron chi connectivity index (χ3n) is 2.68. The Hall–Kier alpha value is -0.0500. The highest BCUT2D eigenvalue weighted by atomic mass is 35.5. The van der Waals surface area contributed by atoms with Crippen LogP contribution in [-0.4, -0.2) is 54.9 Å². The van der Waals surface area contributed by atoms with Gasteiger partial charge in [0.05, 0.1) is 0 Å². The zero-order chi connectivity index (χ0) is 10.2. The molecule has 82 valence electrons. The van der Waals surface area contributed by atoms with Gasteiger partial charge in [0, 0.05) is 32.1 Å². The second-order valence-corrected chi connectivity index (χ2v) is 4.13. The fraction of sp³-hybridized carbons (Fsp3) is 0.818. The van der Waals surface area contributed by atoms with Crippen molar-refractivity contribution in [2.45, 2.75) is 13.3 Å². The zero-order valence-electron chi connectivity index (χ0n) is 9.08. The Morgan fingerprint density at radius 2 is 1.86 bits per heavy atom. The first kappa shape index (κ1) is 12.0. The van der Waals surface area contributed by atoms with Crippen LogP contribution in [0.5, 0.6) is 0 Å². The largest absolute Gasteiger partial charge is 0.301 e. The van der Waals surface area contributed by atoms with E-state index in [2.05, 4.69) is 28.9 Å². The molecule has 0 atom stereocenters. The van der Waals surface area contributed by atoms with E-state index in [4.69, 9.17) is 11.6 Å². The van der Waals surface area contributed by atoms with Crippen molar-refractivity contribution < 1.29 is 0 Å². The summed E-state index contributed by atoms with van der Waals surface area (Å²) in [5.74, 6) is 0.759. The lowest BCUT2D eigenvalue weighted by atomic mass is 10.3. The highest BCUT2D eigenvalue weighted by molar-refractivity contribution is 6.18. The van der Waals surface area contributed by atoms with Crippen LogP contribution < -0.4 is 0 Å². The topological polar surface area (TPSA) is 6.48 Å². The summed E-state index contributed by atoms with van der Waals surface area (Å²) in [6, 6.07) is 0. The Morgan fingerprint density at radius 1 is 1.14 bits per heavy atom. The maximum absolute atomic E-state index is 5.74. The quantitative estimate of drug-likeness (QED) is 0.523. The maximum Gasteiger partial charge on any atom is 0.0351 e. The van der Waals surface area contributed by atoms with Gasteiger partial charge in [0.15, 0.2) is 0 Å². The minimum absolute atomic E-state index is 0.759. The molecule has 0 radical (unpaired) electrons. The van der Waals surface area contributed by atoms with E-state index in [1.807, 2.05) is 0 Å². The molecule has 0 aromatic rings. The first-order valence-corrected chi connectivity index (χ1v) is 6.02. The molecule has 1 fully saturated rings.